The van der Waals surface area contributed by atoms with Crippen molar-refractivity contribution >= 4 is 5.69 Å². The first-order valence-electron chi connectivity index (χ1n) is 9.23. The van der Waals surface area contributed by atoms with E-state index in [2.05, 4.69) is 73.8 Å². The molecule has 124 valence electrons. The highest BCUT2D eigenvalue weighted by Crippen LogP contribution is 2.26. The number of rotatable bonds is 9. The molecule has 23 heavy (non-hydrogen) atoms. The maximum atomic E-state index is 3.68. The molecule has 1 aromatic rings. The van der Waals surface area contributed by atoms with Crippen LogP contribution in [-0.4, -0.2) is 6.04 Å². The van der Waals surface area contributed by atoms with Crippen molar-refractivity contribution < 1.29 is 0 Å². The van der Waals surface area contributed by atoms with Gasteiger partial charge in [0.15, 0.2) is 0 Å². The third-order valence-electron chi connectivity index (χ3n) is 4.41. The second-order valence-corrected chi connectivity index (χ2v) is 6.35. The number of para-hydroxylation sites is 1. The molecule has 0 heterocycles. The molecule has 1 heteroatoms. The van der Waals surface area contributed by atoms with Crippen LogP contribution in [0.2, 0.25) is 0 Å². The minimum Gasteiger partial charge on any atom is -0.375 e. The standard InChI is InChI=1S/C22H31N/c1-3-5-6-8-14-19(13-4-2)21-17-11-12-18-22(21)23-20-15-9-7-10-16-20/h7,9-12,15-18,22-23H,3-6,8,13-14H2,1-2H3. The topological polar surface area (TPSA) is 12.0 Å². The van der Waals surface area contributed by atoms with Crippen molar-refractivity contribution in [3.05, 3.63) is 65.8 Å². The Bertz CT molecular complexity index is 536. The van der Waals surface area contributed by atoms with E-state index in [4.69, 9.17) is 0 Å². The highest BCUT2D eigenvalue weighted by molar-refractivity contribution is 5.51. The van der Waals surface area contributed by atoms with Gasteiger partial charge >= 0.3 is 0 Å². The van der Waals surface area contributed by atoms with Gasteiger partial charge in [0.25, 0.3) is 0 Å². The Morgan fingerprint density at radius 1 is 0.913 bits per heavy atom. The largest absolute Gasteiger partial charge is 0.375 e. The summed E-state index contributed by atoms with van der Waals surface area (Å²) >= 11 is 0. The highest BCUT2D eigenvalue weighted by atomic mass is 14.9. The molecule has 1 unspecified atom stereocenters. The molecule has 0 radical (unpaired) electrons. The molecule has 0 aliphatic heterocycles. The van der Waals surface area contributed by atoms with Gasteiger partial charge < -0.3 is 5.32 Å². The summed E-state index contributed by atoms with van der Waals surface area (Å²) in [7, 11) is 0. The van der Waals surface area contributed by atoms with E-state index in [1.807, 2.05) is 0 Å². The van der Waals surface area contributed by atoms with Crippen LogP contribution < -0.4 is 5.32 Å². The van der Waals surface area contributed by atoms with Crippen LogP contribution >= 0.6 is 0 Å². The molecule has 2 rings (SSSR count). The monoisotopic (exact) mass is 309 g/mol. The molecule has 1 aromatic carbocycles. The Morgan fingerprint density at radius 3 is 2.48 bits per heavy atom. The minimum atomic E-state index is 0.301. The van der Waals surface area contributed by atoms with Gasteiger partial charge in [0.2, 0.25) is 0 Å². The molecule has 0 saturated heterocycles. The zero-order valence-corrected chi connectivity index (χ0v) is 14.7. The van der Waals surface area contributed by atoms with Crippen LogP contribution in [0, 0.1) is 0 Å². The van der Waals surface area contributed by atoms with Crippen LogP contribution in [0.4, 0.5) is 5.69 Å². The minimum absolute atomic E-state index is 0.301. The number of anilines is 1. The first-order chi connectivity index (χ1) is 11.3. The Kier molecular flexibility index (Phi) is 7.72. The molecule has 0 aromatic heterocycles. The molecule has 1 aliphatic rings. The van der Waals surface area contributed by atoms with Gasteiger partial charge in [0, 0.05) is 5.69 Å². The quantitative estimate of drug-likeness (QED) is 0.503. The number of unbranched alkanes of at least 4 members (excludes halogenated alkanes) is 3. The first kappa shape index (κ1) is 17.6. The molecular weight excluding hydrogens is 278 g/mol. The van der Waals surface area contributed by atoms with E-state index < -0.39 is 0 Å². The summed E-state index contributed by atoms with van der Waals surface area (Å²) in [6.07, 6.45) is 18.0. The zero-order valence-electron chi connectivity index (χ0n) is 14.7. The zero-order chi connectivity index (χ0) is 16.3. The van der Waals surface area contributed by atoms with Crippen molar-refractivity contribution in [2.45, 2.75) is 64.8 Å². The molecule has 1 N–H and O–H groups in total. The summed E-state index contributed by atoms with van der Waals surface area (Å²) in [5, 5.41) is 3.68. The maximum Gasteiger partial charge on any atom is 0.0700 e. The summed E-state index contributed by atoms with van der Waals surface area (Å²) in [5.74, 6) is 0. The van der Waals surface area contributed by atoms with Crippen molar-refractivity contribution in [2.24, 2.45) is 0 Å². The Morgan fingerprint density at radius 2 is 1.74 bits per heavy atom. The van der Waals surface area contributed by atoms with Crippen molar-refractivity contribution in [1.29, 1.82) is 0 Å². The highest BCUT2D eigenvalue weighted by Gasteiger charge is 2.15. The third-order valence-corrected chi connectivity index (χ3v) is 4.41. The lowest BCUT2D eigenvalue weighted by molar-refractivity contribution is 0.647. The second kappa shape index (κ2) is 10.1. The number of allylic oxidation sites excluding steroid dienone is 3. The van der Waals surface area contributed by atoms with Crippen LogP contribution in [-0.2, 0) is 0 Å². The lowest BCUT2D eigenvalue weighted by Crippen LogP contribution is -2.21. The lowest BCUT2D eigenvalue weighted by Gasteiger charge is -2.24. The van der Waals surface area contributed by atoms with E-state index in [0.717, 1.165) is 0 Å². The first-order valence-corrected chi connectivity index (χ1v) is 9.23. The fourth-order valence-electron chi connectivity index (χ4n) is 3.20. The number of hydrogen-bond acceptors (Lipinski definition) is 1. The molecule has 1 atom stereocenters. The van der Waals surface area contributed by atoms with Gasteiger partial charge in [-0.2, -0.15) is 0 Å². The molecule has 1 aliphatic carbocycles. The smallest absolute Gasteiger partial charge is 0.0700 e. The number of nitrogens with one attached hydrogen (secondary N) is 1. The number of hydrogen-bond donors (Lipinski definition) is 1. The van der Waals surface area contributed by atoms with Gasteiger partial charge in [-0.05, 0) is 37.0 Å². The molecular formula is C22H31N. The predicted octanol–water partition coefficient (Wildman–Crippen LogP) is 6.66. The van der Waals surface area contributed by atoms with E-state index in [0.29, 0.717) is 6.04 Å². The van der Waals surface area contributed by atoms with E-state index in [9.17, 15) is 0 Å². The Hall–Kier alpha value is -1.76. The van der Waals surface area contributed by atoms with Crippen LogP contribution in [0.25, 0.3) is 0 Å². The van der Waals surface area contributed by atoms with Gasteiger partial charge in [-0.15, -0.1) is 0 Å². The maximum absolute atomic E-state index is 3.68. The van der Waals surface area contributed by atoms with Crippen LogP contribution in [0.5, 0.6) is 0 Å². The van der Waals surface area contributed by atoms with E-state index in [1.165, 1.54) is 56.2 Å². The molecule has 0 bridgehead atoms. The van der Waals surface area contributed by atoms with Gasteiger partial charge in [0.05, 0.1) is 6.04 Å². The van der Waals surface area contributed by atoms with Crippen molar-refractivity contribution in [1.82, 2.24) is 0 Å². The van der Waals surface area contributed by atoms with Gasteiger partial charge in [-0.1, -0.05) is 87.6 Å². The molecule has 0 saturated carbocycles. The summed E-state index contributed by atoms with van der Waals surface area (Å²) in [5.41, 5.74) is 4.31. The van der Waals surface area contributed by atoms with Crippen LogP contribution in [0.1, 0.15) is 58.8 Å². The fraction of sp³-hybridized carbons (Fsp3) is 0.455. The Labute approximate surface area is 142 Å². The summed E-state index contributed by atoms with van der Waals surface area (Å²) in [6, 6.07) is 10.8. The normalized spacial score (nSPS) is 19.0. The summed E-state index contributed by atoms with van der Waals surface area (Å²) in [4.78, 5) is 0. The van der Waals surface area contributed by atoms with Gasteiger partial charge in [-0.25, -0.2) is 0 Å². The average Bonchev–Trinajstić information content (AvgIpc) is 2.59. The molecule has 0 amide bonds. The molecule has 0 spiro atoms. The van der Waals surface area contributed by atoms with Gasteiger partial charge in [-0.3, -0.25) is 0 Å². The van der Waals surface area contributed by atoms with Crippen LogP contribution in [0.3, 0.4) is 0 Å². The average molecular weight is 309 g/mol. The molecule has 1 nitrogen and oxygen atoms in total. The predicted molar refractivity (Wildman–Crippen MR) is 103 cm³/mol. The summed E-state index contributed by atoms with van der Waals surface area (Å²) in [6.45, 7) is 4.56. The lowest BCUT2D eigenvalue weighted by atomic mass is 9.90. The van der Waals surface area contributed by atoms with Crippen LogP contribution in [0.15, 0.2) is 65.8 Å². The fourth-order valence-corrected chi connectivity index (χ4v) is 3.20. The Balaban J connectivity index is 2.11. The third kappa shape index (κ3) is 5.74. The van der Waals surface area contributed by atoms with Crippen molar-refractivity contribution in [2.75, 3.05) is 5.32 Å². The summed E-state index contributed by atoms with van der Waals surface area (Å²) < 4.78 is 0. The van der Waals surface area contributed by atoms with E-state index in [-0.39, 0.29) is 0 Å². The number of benzene rings is 1. The molecule has 0 fully saturated rings. The van der Waals surface area contributed by atoms with Gasteiger partial charge in [0.1, 0.15) is 0 Å². The van der Waals surface area contributed by atoms with Crippen molar-refractivity contribution in [3.8, 4) is 0 Å². The SMILES string of the molecule is CCCCCCC(CCC)=C1C=CC=CC1Nc1ccccc1. The second-order valence-electron chi connectivity index (χ2n) is 6.35. The van der Waals surface area contributed by atoms with Crippen molar-refractivity contribution in [3.63, 3.8) is 0 Å². The van der Waals surface area contributed by atoms with E-state index >= 15 is 0 Å². The van der Waals surface area contributed by atoms with E-state index in [1.54, 1.807) is 5.57 Å².